The van der Waals surface area contributed by atoms with Crippen LogP contribution in [0.5, 0.6) is 0 Å². The van der Waals surface area contributed by atoms with Crippen molar-refractivity contribution in [1.29, 1.82) is 0 Å². The van der Waals surface area contributed by atoms with Crippen molar-refractivity contribution in [3.05, 3.63) is 0 Å². The van der Waals surface area contributed by atoms with Gasteiger partial charge in [-0.05, 0) is 13.8 Å². The van der Waals surface area contributed by atoms with E-state index in [1.54, 1.807) is 0 Å². The minimum atomic E-state index is -3.56. The average molecular weight is 293 g/mol. The molecule has 112 valence electrons. The van der Waals surface area contributed by atoms with Gasteiger partial charge in [-0.15, -0.1) is 0 Å². The molecule has 2 aliphatic heterocycles. The number of nitrogens with zero attached hydrogens (tertiary/aromatic N) is 2. The summed E-state index contributed by atoms with van der Waals surface area (Å²) in [5, 5.41) is 12.8. The molecule has 0 aliphatic carbocycles. The molecule has 8 heteroatoms. The Kier molecular flexibility index (Phi) is 4.49. The SMILES string of the molecule is CC1CN(S(=O)(=O)N(C)[C@H]2CNC[C@@H]2O)CC(C)O1. The van der Waals surface area contributed by atoms with Crippen LogP contribution < -0.4 is 5.32 Å². The molecule has 0 radical (unpaired) electrons. The van der Waals surface area contributed by atoms with Gasteiger partial charge in [-0.3, -0.25) is 0 Å². The van der Waals surface area contributed by atoms with Crippen molar-refractivity contribution >= 4 is 10.2 Å². The summed E-state index contributed by atoms with van der Waals surface area (Å²) in [6.45, 7) is 5.35. The zero-order valence-corrected chi connectivity index (χ0v) is 12.4. The number of aliphatic hydroxyl groups is 1. The first kappa shape index (κ1) is 15.1. The predicted molar refractivity (Wildman–Crippen MR) is 70.9 cm³/mol. The molecule has 0 spiro atoms. The second-order valence-electron chi connectivity index (χ2n) is 5.39. The first-order valence-electron chi connectivity index (χ1n) is 6.59. The Morgan fingerprint density at radius 3 is 2.32 bits per heavy atom. The number of aliphatic hydroxyl groups excluding tert-OH is 1. The Morgan fingerprint density at radius 1 is 1.26 bits per heavy atom. The summed E-state index contributed by atoms with van der Waals surface area (Å²) in [5.74, 6) is 0. The van der Waals surface area contributed by atoms with Gasteiger partial charge in [-0.25, -0.2) is 0 Å². The fourth-order valence-electron chi connectivity index (χ4n) is 2.69. The van der Waals surface area contributed by atoms with Crippen LogP contribution >= 0.6 is 0 Å². The van der Waals surface area contributed by atoms with E-state index in [0.717, 1.165) is 0 Å². The van der Waals surface area contributed by atoms with Gasteiger partial charge in [0.15, 0.2) is 0 Å². The second-order valence-corrected chi connectivity index (χ2v) is 7.38. The summed E-state index contributed by atoms with van der Waals surface area (Å²) in [6, 6.07) is -0.404. The maximum Gasteiger partial charge on any atom is 0.282 e. The fourth-order valence-corrected chi connectivity index (χ4v) is 4.41. The van der Waals surface area contributed by atoms with Crippen LogP contribution in [0.1, 0.15) is 13.8 Å². The maximum atomic E-state index is 12.6. The lowest BCUT2D eigenvalue weighted by Crippen LogP contribution is -2.55. The number of ether oxygens (including phenoxy) is 1. The van der Waals surface area contributed by atoms with E-state index in [1.807, 2.05) is 13.8 Å². The van der Waals surface area contributed by atoms with Crippen molar-refractivity contribution in [3.8, 4) is 0 Å². The van der Waals surface area contributed by atoms with Crippen LogP contribution in [0.3, 0.4) is 0 Å². The Labute approximate surface area is 114 Å². The zero-order valence-electron chi connectivity index (χ0n) is 11.6. The average Bonchev–Trinajstić information content (AvgIpc) is 2.73. The molecule has 4 atom stereocenters. The minimum Gasteiger partial charge on any atom is -0.390 e. The maximum absolute atomic E-state index is 12.6. The highest BCUT2D eigenvalue weighted by Gasteiger charge is 2.40. The van der Waals surface area contributed by atoms with E-state index in [-0.39, 0.29) is 12.2 Å². The Hall–Kier alpha value is -0.250. The third-order valence-electron chi connectivity index (χ3n) is 3.69. The largest absolute Gasteiger partial charge is 0.390 e. The third kappa shape index (κ3) is 3.09. The van der Waals surface area contributed by atoms with Gasteiger partial charge in [-0.1, -0.05) is 0 Å². The van der Waals surface area contributed by atoms with E-state index in [1.165, 1.54) is 15.7 Å². The van der Waals surface area contributed by atoms with Crippen molar-refractivity contribution in [2.45, 2.75) is 38.2 Å². The van der Waals surface area contributed by atoms with Gasteiger partial charge < -0.3 is 15.2 Å². The molecule has 2 unspecified atom stereocenters. The Bertz CT molecular complexity index is 398. The summed E-state index contributed by atoms with van der Waals surface area (Å²) in [7, 11) is -2.03. The highest BCUT2D eigenvalue weighted by molar-refractivity contribution is 7.86. The van der Waals surface area contributed by atoms with E-state index in [9.17, 15) is 13.5 Å². The van der Waals surface area contributed by atoms with Crippen LogP contribution in [0, 0.1) is 0 Å². The van der Waals surface area contributed by atoms with Crippen molar-refractivity contribution in [1.82, 2.24) is 13.9 Å². The van der Waals surface area contributed by atoms with E-state index < -0.39 is 22.4 Å². The molecule has 2 rings (SSSR count). The molecule has 7 nitrogen and oxygen atoms in total. The smallest absolute Gasteiger partial charge is 0.282 e. The van der Waals surface area contributed by atoms with E-state index >= 15 is 0 Å². The van der Waals surface area contributed by atoms with Gasteiger partial charge in [0.05, 0.1) is 24.4 Å². The second kappa shape index (κ2) is 5.63. The fraction of sp³-hybridized carbons (Fsp3) is 1.00. The van der Waals surface area contributed by atoms with Gasteiger partial charge in [0.2, 0.25) is 0 Å². The summed E-state index contributed by atoms with van der Waals surface area (Å²) < 4.78 is 33.4. The molecule has 0 aromatic heterocycles. The lowest BCUT2D eigenvalue weighted by Gasteiger charge is -2.38. The van der Waals surface area contributed by atoms with Crippen molar-refractivity contribution in [2.75, 3.05) is 33.2 Å². The summed E-state index contributed by atoms with van der Waals surface area (Å²) >= 11 is 0. The number of hydrogen-bond acceptors (Lipinski definition) is 5. The summed E-state index contributed by atoms with van der Waals surface area (Å²) in [6.07, 6.45) is -0.882. The molecule has 2 aliphatic rings. The molecule has 0 aromatic rings. The van der Waals surface area contributed by atoms with Crippen molar-refractivity contribution < 1.29 is 18.3 Å². The molecule has 0 saturated carbocycles. The molecular formula is C11H23N3O4S. The normalized spacial score (nSPS) is 37.9. The molecule has 2 heterocycles. The van der Waals surface area contributed by atoms with Crippen LogP contribution in [0.2, 0.25) is 0 Å². The molecular weight excluding hydrogens is 270 g/mol. The third-order valence-corrected chi connectivity index (χ3v) is 5.64. The van der Waals surface area contributed by atoms with Crippen LogP contribution in [0.15, 0.2) is 0 Å². The molecule has 19 heavy (non-hydrogen) atoms. The zero-order chi connectivity index (χ0) is 14.2. The first-order valence-corrected chi connectivity index (χ1v) is 7.99. The lowest BCUT2D eigenvalue weighted by molar-refractivity contribution is -0.0458. The van der Waals surface area contributed by atoms with Crippen molar-refractivity contribution in [3.63, 3.8) is 0 Å². The highest BCUT2D eigenvalue weighted by Crippen LogP contribution is 2.20. The predicted octanol–water partition coefficient (Wildman–Crippen LogP) is -1.40. The van der Waals surface area contributed by atoms with Crippen molar-refractivity contribution in [2.24, 2.45) is 0 Å². The number of rotatable bonds is 3. The topological polar surface area (TPSA) is 82.1 Å². The van der Waals surface area contributed by atoms with Crippen LogP contribution in [0.4, 0.5) is 0 Å². The molecule has 2 N–H and O–H groups in total. The molecule has 0 amide bonds. The quantitative estimate of drug-likeness (QED) is 0.669. The first-order chi connectivity index (χ1) is 8.82. The number of nitrogens with one attached hydrogen (secondary N) is 1. The van der Waals surface area contributed by atoms with E-state index in [0.29, 0.717) is 26.2 Å². The molecule has 0 bridgehead atoms. The van der Waals surface area contributed by atoms with Crippen LogP contribution in [0.25, 0.3) is 0 Å². The Morgan fingerprint density at radius 2 is 1.84 bits per heavy atom. The summed E-state index contributed by atoms with van der Waals surface area (Å²) in [5.41, 5.74) is 0. The van der Waals surface area contributed by atoms with Gasteiger partial charge in [0.25, 0.3) is 10.2 Å². The number of morpholine rings is 1. The minimum absolute atomic E-state index is 0.112. The lowest BCUT2D eigenvalue weighted by atomic mass is 10.2. The molecule has 2 saturated heterocycles. The van der Waals surface area contributed by atoms with Gasteiger partial charge in [-0.2, -0.15) is 17.0 Å². The molecule has 2 fully saturated rings. The highest BCUT2D eigenvalue weighted by atomic mass is 32.2. The number of likely N-dealkylation sites (N-methyl/N-ethyl adjacent to an activating group) is 1. The van der Waals surface area contributed by atoms with Crippen LogP contribution in [-0.4, -0.2) is 79.7 Å². The van der Waals surface area contributed by atoms with Gasteiger partial charge >= 0.3 is 0 Å². The van der Waals surface area contributed by atoms with Crippen LogP contribution in [-0.2, 0) is 14.9 Å². The van der Waals surface area contributed by atoms with Gasteiger partial charge in [0, 0.05) is 33.2 Å². The Balaban J connectivity index is 2.12. The van der Waals surface area contributed by atoms with Gasteiger partial charge in [0.1, 0.15) is 0 Å². The summed E-state index contributed by atoms with van der Waals surface area (Å²) in [4.78, 5) is 0. The van der Waals surface area contributed by atoms with E-state index in [4.69, 9.17) is 4.74 Å². The number of β-amino-alcohol motifs (C(OH)–C–C–N with tert-alkyl or cyclic N) is 1. The monoisotopic (exact) mass is 293 g/mol. The molecule has 0 aromatic carbocycles. The number of hydrogen-bond donors (Lipinski definition) is 2. The van der Waals surface area contributed by atoms with E-state index in [2.05, 4.69) is 5.32 Å². The standard InChI is InChI=1S/C11H23N3O4S/c1-8-6-14(7-9(2)18-8)19(16,17)13(3)10-4-12-5-11(10)15/h8-12,15H,4-7H2,1-3H3/t8?,9?,10-,11-/m0/s1.